The maximum absolute atomic E-state index is 11.9. The highest BCUT2D eigenvalue weighted by atomic mass is 16.5. The fourth-order valence-corrected chi connectivity index (χ4v) is 2.23. The molecule has 2 rings (SSSR count). The summed E-state index contributed by atoms with van der Waals surface area (Å²) >= 11 is 0. The van der Waals surface area contributed by atoms with Crippen LogP contribution in [0.15, 0.2) is 18.2 Å². The predicted octanol–water partition coefficient (Wildman–Crippen LogP) is 1.66. The van der Waals surface area contributed by atoms with Gasteiger partial charge in [0.2, 0.25) is 5.91 Å². The number of nitrogen functional groups attached to an aromatic ring is 1. The van der Waals surface area contributed by atoms with Crippen LogP contribution >= 0.6 is 0 Å². The summed E-state index contributed by atoms with van der Waals surface area (Å²) < 4.78 is 15.9. The van der Waals surface area contributed by atoms with E-state index in [4.69, 9.17) is 19.9 Å². The van der Waals surface area contributed by atoms with Gasteiger partial charge >= 0.3 is 0 Å². The second-order valence-corrected chi connectivity index (χ2v) is 5.08. The van der Waals surface area contributed by atoms with Crippen molar-refractivity contribution in [1.82, 2.24) is 0 Å². The second kappa shape index (κ2) is 7.85. The number of ether oxygens (including phenoxy) is 3. The first kappa shape index (κ1) is 15.6. The third-order valence-electron chi connectivity index (χ3n) is 3.43. The fourth-order valence-electron chi connectivity index (χ4n) is 2.23. The van der Waals surface area contributed by atoms with E-state index in [2.05, 4.69) is 5.32 Å². The van der Waals surface area contributed by atoms with Crippen LogP contribution in [0.1, 0.15) is 12.8 Å². The van der Waals surface area contributed by atoms with Gasteiger partial charge in [0.1, 0.15) is 12.4 Å². The summed E-state index contributed by atoms with van der Waals surface area (Å²) in [4.78, 5) is 11.9. The van der Waals surface area contributed by atoms with E-state index in [1.807, 2.05) is 0 Å². The molecule has 0 spiro atoms. The molecule has 1 amide bonds. The Hall–Kier alpha value is -1.79. The molecule has 116 valence electrons. The maximum Gasteiger partial charge on any atom is 0.250 e. The summed E-state index contributed by atoms with van der Waals surface area (Å²) in [6.45, 7) is 2.19. The first-order valence-electron chi connectivity index (χ1n) is 7.08. The molecule has 1 aliphatic rings. The number of carbonyl (C=O) groups is 1. The first-order chi connectivity index (χ1) is 10.2. The quantitative estimate of drug-likeness (QED) is 0.780. The number of anilines is 2. The summed E-state index contributed by atoms with van der Waals surface area (Å²) in [6.07, 6.45) is 1.99. The smallest absolute Gasteiger partial charge is 0.250 e. The van der Waals surface area contributed by atoms with Gasteiger partial charge in [0, 0.05) is 25.0 Å². The molecule has 0 atom stereocenters. The maximum atomic E-state index is 11.9. The van der Waals surface area contributed by atoms with Gasteiger partial charge in [-0.2, -0.15) is 0 Å². The molecule has 6 heteroatoms. The van der Waals surface area contributed by atoms with Crippen molar-refractivity contribution in [2.24, 2.45) is 5.92 Å². The van der Waals surface area contributed by atoms with Gasteiger partial charge in [-0.1, -0.05) is 0 Å². The average Bonchev–Trinajstić information content (AvgIpc) is 2.50. The van der Waals surface area contributed by atoms with Crippen LogP contribution in [-0.2, 0) is 14.3 Å². The molecule has 1 aromatic carbocycles. The molecule has 1 heterocycles. The number of benzene rings is 1. The molecular formula is C15H22N2O4. The van der Waals surface area contributed by atoms with Crippen LogP contribution in [-0.4, -0.2) is 39.4 Å². The van der Waals surface area contributed by atoms with E-state index in [1.54, 1.807) is 18.2 Å². The highest BCUT2D eigenvalue weighted by molar-refractivity contribution is 5.93. The zero-order valence-electron chi connectivity index (χ0n) is 12.3. The van der Waals surface area contributed by atoms with E-state index in [0.717, 1.165) is 26.1 Å². The van der Waals surface area contributed by atoms with E-state index in [1.165, 1.54) is 7.11 Å². The molecule has 0 aliphatic carbocycles. The molecule has 1 aromatic rings. The number of carbonyl (C=O) groups excluding carboxylic acids is 1. The largest absolute Gasteiger partial charge is 0.494 e. The minimum absolute atomic E-state index is 0.0326. The lowest BCUT2D eigenvalue weighted by Gasteiger charge is -2.21. The van der Waals surface area contributed by atoms with Crippen LogP contribution in [0, 0.1) is 5.92 Å². The molecule has 1 aliphatic heterocycles. The molecular weight excluding hydrogens is 272 g/mol. The van der Waals surface area contributed by atoms with Crippen LogP contribution in [0.3, 0.4) is 0 Å². The van der Waals surface area contributed by atoms with Crippen LogP contribution in [0.4, 0.5) is 11.4 Å². The Balaban J connectivity index is 1.76. The highest BCUT2D eigenvalue weighted by Crippen LogP contribution is 2.26. The van der Waals surface area contributed by atoms with Crippen molar-refractivity contribution in [3.63, 3.8) is 0 Å². The Labute approximate surface area is 124 Å². The predicted molar refractivity (Wildman–Crippen MR) is 80.4 cm³/mol. The Morgan fingerprint density at radius 1 is 1.43 bits per heavy atom. The Bertz CT molecular complexity index is 473. The van der Waals surface area contributed by atoms with Gasteiger partial charge in [-0.05, 0) is 30.9 Å². The number of methoxy groups -OCH3 is 1. The van der Waals surface area contributed by atoms with Crippen LogP contribution < -0.4 is 15.8 Å². The summed E-state index contributed by atoms with van der Waals surface area (Å²) in [7, 11) is 1.53. The van der Waals surface area contributed by atoms with Crippen molar-refractivity contribution in [3.8, 4) is 5.75 Å². The molecule has 1 saturated heterocycles. The monoisotopic (exact) mass is 294 g/mol. The average molecular weight is 294 g/mol. The minimum atomic E-state index is -0.204. The Morgan fingerprint density at radius 3 is 2.90 bits per heavy atom. The van der Waals surface area contributed by atoms with E-state index < -0.39 is 0 Å². The number of hydrogen-bond acceptors (Lipinski definition) is 5. The highest BCUT2D eigenvalue weighted by Gasteiger charge is 2.15. The van der Waals surface area contributed by atoms with Crippen molar-refractivity contribution in [1.29, 1.82) is 0 Å². The molecule has 0 saturated carbocycles. The Kier molecular flexibility index (Phi) is 5.83. The third-order valence-corrected chi connectivity index (χ3v) is 3.43. The third kappa shape index (κ3) is 4.91. The van der Waals surface area contributed by atoms with Crippen molar-refractivity contribution in [3.05, 3.63) is 18.2 Å². The van der Waals surface area contributed by atoms with Gasteiger partial charge in [0.05, 0.1) is 19.4 Å². The summed E-state index contributed by atoms with van der Waals surface area (Å²) in [5.41, 5.74) is 6.84. The standard InChI is InChI=1S/C15H22N2O4/c1-19-14-8-12(16)2-3-13(14)17-15(18)10-21-9-11-4-6-20-7-5-11/h2-3,8,11H,4-7,9-10,16H2,1H3,(H,17,18). The Morgan fingerprint density at radius 2 is 2.19 bits per heavy atom. The van der Waals surface area contributed by atoms with Crippen LogP contribution in [0.5, 0.6) is 5.75 Å². The van der Waals surface area contributed by atoms with Gasteiger partial charge in [0.15, 0.2) is 0 Å². The topological polar surface area (TPSA) is 82.8 Å². The zero-order valence-corrected chi connectivity index (χ0v) is 12.3. The molecule has 0 radical (unpaired) electrons. The van der Waals surface area contributed by atoms with E-state index in [-0.39, 0.29) is 12.5 Å². The summed E-state index contributed by atoms with van der Waals surface area (Å²) in [5, 5.41) is 2.76. The molecule has 6 nitrogen and oxygen atoms in total. The van der Waals surface area contributed by atoms with Crippen molar-refractivity contribution in [2.45, 2.75) is 12.8 Å². The van der Waals surface area contributed by atoms with Gasteiger partial charge < -0.3 is 25.3 Å². The van der Waals surface area contributed by atoms with E-state index in [0.29, 0.717) is 29.6 Å². The van der Waals surface area contributed by atoms with E-state index in [9.17, 15) is 4.79 Å². The number of nitrogens with one attached hydrogen (secondary N) is 1. The second-order valence-electron chi connectivity index (χ2n) is 5.08. The molecule has 0 aromatic heterocycles. The molecule has 0 unspecified atom stereocenters. The molecule has 3 N–H and O–H groups in total. The normalized spacial score (nSPS) is 15.7. The summed E-state index contributed by atoms with van der Waals surface area (Å²) in [5.74, 6) is 0.815. The summed E-state index contributed by atoms with van der Waals surface area (Å²) in [6, 6.07) is 5.09. The lowest BCUT2D eigenvalue weighted by atomic mass is 10.0. The minimum Gasteiger partial charge on any atom is -0.494 e. The van der Waals surface area contributed by atoms with E-state index >= 15 is 0 Å². The van der Waals surface area contributed by atoms with Crippen LogP contribution in [0.25, 0.3) is 0 Å². The van der Waals surface area contributed by atoms with Gasteiger partial charge in [-0.25, -0.2) is 0 Å². The molecule has 21 heavy (non-hydrogen) atoms. The lowest BCUT2D eigenvalue weighted by molar-refractivity contribution is -0.121. The zero-order chi connectivity index (χ0) is 15.1. The van der Waals surface area contributed by atoms with Gasteiger partial charge in [-0.3, -0.25) is 4.79 Å². The number of amides is 1. The first-order valence-corrected chi connectivity index (χ1v) is 7.08. The van der Waals surface area contributed by atoms with Crippen LogP contribution in [0.2, 0.25) is 0 Å². The van der Waals surface area contributed by atoms with Gasteiger partial charge in [-0.15, -0.1) is 0 Å². The fraction of sp³-hybridized carbons (Fsp3) is 0.533. The number of rotatable bonds is 6. The lowest BCUT2D eigenvalue weighted by Crippen LogP contribution is -2.24. The van der Waals surface area contributed by atoms with Crippen molar-refractivity contribution >= 4 is 17.3 Å². The van der Waals surface area contributed by atoms with Crippen molar-refractivity contribution < 1.29 is 19.0 Å². The van der Waals surface area contributed by atoms with Crippen molar-refractivity contribution in [2.75, 3.05) is 44.6 Å². The van der Waals surface area contributed by atoms with Gasteiger partial charge in [0.25, 0.3) is 0 Å². The molecule has 0 bridgehead atoms. The SMILES string of the molecule is COc1cc(N)ccc1NC(=O)COCC1CCOCC1. The number of hydrogen-bond donors (Lipinski definition) is 2. The molecule has 1 fully saturated rings. The number of nitrogens with two attached hydrogens (primary N) is 1.